The molecule has 0 aliphatic carbocycles. The Morgan fingerprint density at radius 2 is 1.67 bits per heavy atom. The van der Waals surface area contributed by atoms with E-state index in [1.165, 1.54) is 36.4 Å². The third-order valence-corrected chi connectivity index (χ3v) is 3.82. The van der Waals surface area contributed by atoms with E-state index in [1.807, 2.05) is 0 Å². The van der Waals surface area contributed by atoms with Crippen molar-refractivity contribution in [3.63, 3.8) is 0 Å². The number of nitrogens with one attached hydrogen (secondary N) is 1. The van der Waals surface area contributed by atoms with Gasteiger partial charge in [0.2, 0.25) is 0 Å². The molecule has 0 fully saturated rings. The van der Waals surface area contributed by atoms with Crippen molar-refractivity contribution in [2.24, 2.45) is 0 Å². The van der Waals surface area contributed by atoms with Crippen LogP contribution in [0.1, 0.15) is 11.3 Å². The second-order valence-corrected chi connectivity index (χ2v) is 5.57. The highest BCUT2D eigenvalue weighted by atomic mass is 19.4. The van der Waals surface area contributed by atoms with Gasteiger partial charge < -0.3 is 4.98 Å². The maximum atomic E-state index is 12.7. The number of hydrogen-bond acceptors (Lipinski definition) is 5. The first-order valence-corrected chi connectivity index (χ1v) is 7.57. The van der Waals surface area contributed by atoms with E-state index in [4.69, 9.17) is 5.26 Å². The third-order valence-electron chi connectivity index (χ3n) is 3.82. The van der Waals surface area contributed by atoms with Gasteiger partial charge in [0, 0.05) is 23.3 Å². The van der Waals surface area contributed by atoms with Crippen molar-refractivity contribution in [1.82, 2.24) is 9.97 Å². The number of nitro groups is 1. The van der Waals surface area contributed by atoms with Crippen LogP contribution in [0.4, 0.5) is 18.9 Å². The molecule has 3 aromatic rings. The molecule has 0 aliphatic rings. The molecule has 0 radical (unpaired) electrons. The number of rotatable bonds is 5. The van der Waals surface area contributed by atoms with Gasteiger partial charge in [-0.2, -0.15) is 13.2 Å². The SMILES string of the molecule is O=[N+]([O-])c1ccc(-c2nc(-c3ccc(C(F)(F)F)cc3)c(COO)[nH]2)cc1. The van der Waals surface area contributed by atoms with Crippen molar-refractivity contribution in [1.29, 1.82) is 0 Å². The fraction of sp³-hybridized carbons (Fsp3) is 0.118. The fourth-order valence-corrected chi connectivity index (χ4v) is 2.51. The molecule has 0 amide bonds. The van der Waals surface area contributed by atoms with Gasteiger partial charge in [-0.3, -0.25) is 15.4 Å². The Morgan fingerprint density at radius 3 is 2.19 bits per heavy atom. The van der Waals surface area contributed by atoms with Crippen molar-refractivity contribution in [2.75, 3.05) is 0 Å². The van der Waals surface area contributed by atoms with Crippen LogP contribution < -0.4 is 0 Å². The quantitative estimate of drug-likeness (QED) is 0.381. The summed E-state index contributed by atoms with van der Waals surface area (Å²) in [6, 6.07) is 9.96. The number of benzene rings is 2. The normalized spacial score (nSPS) is 11.6. The van der Waals surface area contributed by atoms with Crippen LogP contribution in [0, 0.1) is 10.1 Å². The Bertz CT molecular complexity index is 951. The molecule has 2 N–H and O–H groups in total. The highest BCUT2D eigenvalue weighted by Crippen LogP contribution is 2.32. The van der Waals surface area contributed by atoms with E-state index in [-0.39, 0.29) is 12.3 Å². The summed E-state index contributed by atoms with van der Waals surface area (Å²) in [4.78, 5) is 21.6. The number of aromatic nitrogens is 2. The summed E-state index contributed by atoms with van der Waals surface area (Å²) >= 11 is 0. The topological polar surface area (TPSA) is 101 Å². The van der Waals surface area contributed by atoms with Crippen LogP contribution >= 0.6 is 0 Å². The predicted molar refractivity (Wildman–Crippen MR) is 88.5 cm³/mol. The van der Waals surface area contributed by atoms with E-state index in [2.05, 4.69) is 14.9 Å². The average molecular weight is 379 g/mol. The van der Waals surface area contributed by atoms with Gasteiger partial charge in [-0.1, -0.05) is 12.1 Å². The van der Waals surface area contributed by atoms with Crippen LogP contribution in [0.15, 0.2) is 48.5 Å². The number of imidazole rings is 1. The molecular formula is C17H12F3N3O4. The molecule has 0 saturated heterocycles. The molecular weight excluding hydrogens is 367 g/mol. The summed E-state index contributed by atoms with van der Waals surface area (Å²) in [7, 11) is 0. The third kappa shape index (κ3) is 3.96. The van der Waals surface area contributed by atoms with Gasteiger partial charge in [-0.15, -0.1) is 0 Å². The maximum absolute atomic E-state index is 12.7. The lowest BCUT2D eigenvalue weighted by atomic mass is 10.1. The largest absolute Gasteiger partial charge is 0.416 e. The first kappa shape index (κ1) is 18.5. The molecule has 0 aliphatic heterocycles. The van der Waals surface area contributed by atoms with Gasteiger partial charge in [-0.25, -0.2) is 9.87 Å². The smallest absolute Gasteiger partial charge is 0.339 e. The average Bonchev–Trinajstić information content (AvgIpc) is 3.05. The molecule has 1 aromatic heterocycles. The maximum Gasteiger partial charge on any atom is 0.416 e. The number of non-ortho nitro benzene ring substituents is 1. The van der Waals surface area contributed by atoms with E-state index in [9.17, 15) is 23.3 Å². The molecule has 10 heteroatoms. The Balaban J connectivity index is 1.99. The van der Waals surface area contributed by atoms with Crippen LogP contribution in [0.3, 0.4) is 0 Å². The van der Waals surface area contributed by atoms with Crippen molar-refractivity contribution in [3.05, 3.63) is 69.9 Å². The van der Waals surface area contributed by atoms with Gasteiger partial charge in [0.05, 0.1) is 21.9 Å². The predicted octanol–water partition coefficient (Wildman–Crippen LogP) is 4.66. The number of nitro benzene ring substituents is 1. The molecule has 140 valence electrons. The van der Waals surface area contributed by atoms with Gasteiger partial charge in [-0.05, 0) is 24.3 Å². The molecule has 0 atom stereocenters. The van der Waals surface area contributed by atoms with E-state index < -0.39 is 16.7 Å². The molecule has 0 unspecified atom stereocenters. The molecule has 27 heavy (non-hydrogen) atoms. The monoisotopic (exact) mass is 379 g/mol. The summed E-state index contributed by atoms with van der Waals surface area (Å²) in [6.07, 6.45) is -4.45. The van der Waals surface area contributed by atoms with Crippen molar-refractivity contribution in [3.8, 4) is 22.6 Å². The van der Waals surface area contributed by atoms with Crippen LogP contribution in [-0.2, 0) is 17.7 Å². The number of H-pyrrole nitrogens is 1. The lowest BCUT2D eigenvalue weighted by Crippen LogP contribution is -2.04. The Labute approximate surface area is 150 Å². The van der Waals surface area contributed by atoms with Crippen LogP contribution in [-0.4, -0.2) is 20.1 Å². The van der Waals surface area contributed by atoms with Crippen LogP contribution in [0.2, 0.25) is 0 Å². The molecule has 2 aromatic carbocycles. The molecule has 3 rings (SSSR count). The number of halogens is 3. The zero-order valence-electron chi connectivity index (χ0n) is 13.5. The second-order valence-electron chi connectivity index (χ2n) is 5.57. The van der Waals surface area contributed by atoms with Crippen molar-refractivity contribution >= 4 is 5.69 Å². The Hall–Kier alpha value is -3.24. The molecule has 0 bridgehead atoms. The number of aromatic amines is 1. The minimum atomic E-state index is -4.45. The summed E-state index contributed by atoms with van der Waals surface area (Å²) in [5, 5.41) is 19.5. The second kappa shape index (κ2) is 7.17. The number of alkyl halides is 3. The summed E-state index contributed by atoms with van der Waals surface area (Å²) < 4.78 is 38.1. The number of hydrogen-bond donors (Lipinski definition) is 2. The van der Waals surface area contributed by atoms with Gasteiger partial charge >= 0.3 is 6.18 Å². The molecule has 0 spiro atoms. The molecule has 7 nitrogen and oxygen atoms in total. The summed E-state index contributed by atoms with van der Waals surface area (Å²) in [6.45, 7) is -0.268. The van der Waals surface area contributed by atoms with Gasteiger partial charge in [0.15, 0.2) is 0 Å². The lowest BCUT2D eigenvalue weighted by Gasteiger charge is -2.07. The first-order valence-electron chi connectivity index (χ1n) is 7.57. The zero-order valence-corrected chi connectivity index (χ0v) is 13.5. The van der Waals surface area contributed by atoms with Crippen LogP contribution in [0.5, 0.6) is 0 Å². The van der Waals surface area contributed by atoms with Gasteiger partial charge in [0.25, 0.3) is 5.69 Å². The van der Waals surface area contributed by atoms with Crippen molar-refractivity contribution < 1.29 is 28.2 Å². The van der Waals surface area contributed by atoms with E-state index in [1.54, 1.807) is 0 Å². The summed E-state index contributed by atoms with van der Waals surface area (Å²) in [5.41, 5.74) is 0.665. The van der Waals surface area contributed by atoms with Crippen LogP contribution in [0.25, 0.3) is 22.6 Å². The number of nitrogens with zero attached hydrogens (tertiary/aromatic N) is 2. The van der Waals surface area contributed by atoms with Gasteiger partial charge in [0.1, 0.15) is 12.4 Å². The van der Waals surface area contributed by atoms with Crippen molar-refractivity contribution in [2.45, 2.75) is 12.8 Å². The lowest BCUT2D eigenvalue weighted by molar-refractivity contribution is -0.384. The Morgan fingerprint density at radius 1 is 1.07 bits per heavy atom. The highest BCUT2D eigenvalue weighted by Gasteiger charge is 2.30. The van der Waals surface area contributed by atoms with E-state index >= 15 is 0 Å². The standard InChI is InChI=1S/C17H12F3N3O4/c18-17(19,20)12-5-1-10(2-6-12)15-14(9-27-26)21-16(22-15)11-3-7-13(8-4-11)23(24)25/h1-8,26H,9H2,(H,21,22). The van der Waals surface area contributed by atoms with E-state index in [0.717, 1.165) is 12.1 Å². The summed E-state index contributed by atoms with van der Waals surface area (Å²) in [5.74, 6) is 0.326. The first-order chi connectivity index (χ1) is 12.8. The Kier molecular flexibility index (Phi) is 4.93. The highest BCUT2D eigenvalue weighted by molar-refractivity contribution is 5.68. The molecule has 1 heterocycles. The zero-order chi connectivity index (χ0) is 19.6. The fourth-order valence-electron chi connectivity index (χ4n) is 2.51. The minimum absolute atomic E-state index is 0.0906. The molecule has 0 saturated carbocycles. The van der Waals surface area contributed by atoms with E-state index in [0.29, 0.717) is 28.3 Å². The minimum Gasteiger partial charge on any atom is -0.339 e.